The predicted octanol–water partition coefficient (Wildman–Crippen LogP) is 4.84. The van der Waals surface area contributed by atoms with Crippen LogP contribution in [0.25, 0.3) is 0 Å². The molecule has 4 nitrogen and oxygen atoms in total. The number of rotatable bonds is 8. The molecule has 0 atom stereocenters. The third-order valence-electron chi connectivity index (χ3n) is 3.49. The fraction of sp³-hybridized carbons (Fsp3) is 0.316. The molecule has 0 aromatic heterocycles. The summed E-state index contributed by atoms with van der Waals surface area (Å²) in [7, 11) is 0. The van der Waals surface area contributed by atoms with E-state index in [0.29, 0.717) is 31.1 Å². The van der Waals surface area contributed by atoms with Crippen molar-refractivity contribution in [3.8, 4) is 11.5 Å². The van der Waals surface area contributed by atoms with Crippen molar-refractivity contribution in [3.63, 3.8) is 0 Å². The van der Waals surface area contributed by atoms with Crippen molar-refractivity contribution >= 4 is 23.2 Å². The van der Waals surface area contributed by atoms with Gasteiger partial charge in [0.2, 0.25) is 5.91 Å². The number of anilines is 1. The van der Waals surface area contributed by atoms with Crippen LogP contribution in [0.4, 0.5) is 5.69 Å². The monoisotopic (exact) mass is 347 g/mol. The first-order valence-electron chi connectivity index (χ1n) is 8.00. The largest absolute Gasteiger partial charge is 0.494 e. The topological polar surface area (TPSA) is 47.6 Å². The van der Waals surface area contributed by atoms with Gasteiger partial charge in [0, 0.05) is 17.1 Å². The average Bonchev–Trinajstić information content (AvgIpc) is 2.58. The fourth-order valence-corrected chi connectivity index (χ4v) is 2.35. The molecule has 0 aliphatic carbocycles. The van der Waals surface area contributed by atoms with Gasteiger partial charge < -0.3 is 14.8 Å². The standard InChI is InChI=1S/C19H22ClNO3/c1-3-23-15-9-11-16(12-10-15)24-13-5-8-19(22)21-18-7-4-6-17(20)14(18)2/h4,6-7,9-12H,3,5,8,13H2,1-2H3,(H,21,22). The van der Waals surface area contributed by atoms with Crippen LogP contribution in [-0.2, 0) is 4.79 Å². The summed E-state index contributed by atoms with van der Waals surface area (Å²) in [6.45, 7) is 4.95. The zero-order chi connectivity index (χ0) is 17.4. The Morgan fingerprint density at radius 2 is 1.75 bits per heavy atom. The fourth-order valence-electron chi connectivity index (χ4n) is 2.18. The molecule has 0 saturated heterocycles. The van der Waals surface area contributed by atoms with Crippen LogP contribution in [0.3, 0.4) is 0 Å². The van der Waals surface area contributed by atoms with E-state index in [0.717, 1.165) is 22.7 Å². The maximum Gasteiger partial charge on any atom is 0.224 e. The van der Waals surface area contributed by atoms with Gasteiger partial charge in [0.1, 0.15) is 11.5 Å². The molecule has 2 aromatic carbocycles. The molecule has 1 N–H and O–H groups in total. The van der Waals surface area contributed by atoms with Crippen LogP contribution in [0.5, 0.6) is 11.5 Å². The molecule has 0 aliphatic rings. The van der Waals surface area contributed by atoms with E-state index >= 15 is 0 Å². The second-order valence-electron chi connectivity index (χ2n) is 5.32. The third-order valence-corrected chi connectivity index (χ3v) is 3.90. The Balaban J connectivity index is 1.71. The van der Waals surface area contributed by atoms with Gasteiger partial charge in [-0.3, -0.25) is 4.79 Å². The summed E-state index contributed by atoms with van der Waals surface area (Å²) in [6.07, 6.45) is 1.03. The van der Waals surface area contributed by atoms with E-state index in [-0.39, 0.29) is 5.91 Å². The molecular weight excluding hydrogens is 326 g/mol. The highest BCUT2D eigenvalue weighted by Crippen LogP contribution is 2.23. The Hall–Kier alpha value is -2.20. The minimum absolute atomic E-state index is 0.0457. The van der Waals surface area contributed by atoms with Gasteiger partial charge >= 0.3 is 0 Å². The predicted molar refractivity (Wildman–Crippen MR) is 97.2 cm³/mol. The number of nitrogens with one attached hydrogen (secondary N) is 1. The first-order chi connectivity index (χ1) is 11.6. The lowest BCUT2D eigenvalue weighted by molar-refractivity contribution is -0.116. The summed E-state index contributed by atoms with van der Waals surface area (Å²) in [4.78, 5) is 12.0. The van der Waals surface area contributed by atoms with Crippen molar-refractivity contribution in [1.82, 2.24) is 0 Å². The summed E-state index contributed by atoms with van der Waals surface area (Å²) in [5.74, 6) is 1.54. The molecule has 0 aliphatic heterocycles. The second-order valence-corrected chi connectivity index (χ2v) is 5.72. The molecule has 0 heterocycles. The Labute approximate surface area is 147 Å². The molecule has 0 saturated carbocycles. The smallest absolute Gasteiger partial charge is 0.224 e. The lowest BCUT2D eigenvalue weighted by Gasteiger charge is -2.10. The summed E-state index contributed by atoms with van der Waals surface area (Å²) in [5, 5.41) is 3.52. The highest BCUT2D eigenvalue weighted by Gasteiger charge is 2.06. The number of carbonyl (C=O) groups excluding carboxylic acids is 1. The second kappa shape index (κ2) is 9.18. The Morgan fingerprint density at radius 3 is 2.42 bits per heavy atom. The van der Waals surface area contributed by atoms with Crippen LogP contribution in [0.2, 0.25) is 5.02 Å². The van der Waals surface area contributed by atoms with E-state index in [9.17, 15) is 4.79 Å². The highest BCUT2D eigenvalue weighted by atomic mass is 35.5. The third kappa shape index (κ3) is 5.46. The van der Waals surface area contributed by atoms with Gasteiger partial charge in [-0.05, 0) is 62.2 Å². The molecule has 128 valence electrons. The quantitative estimate of drug-likeness (QED) is 0.695. The maximum absolute atomic E-state index is 12.0. The molecule has 0 bridgehead atoms. The van der Waals surface area contributed by atoms with Gasteiger partial charge in [-0.25, -0.2) is 0 Å². The Morgan fingerprint density at radius 1 is 1.08 bits per heavy atom. The van der Waals surface area contributed by atoms with E-state index in [1.807, 2.05) is 50.2 Å². The van der Waals surface area contributed by atoms with Crippen LogP contribution < -0.4 is 14.8 Å². The van der Waals surface area contributed by atoms with Crippen molar-refractivity contribution in [1.29, 1.82) is 0 Å². The van der Waals surface area contributed by atoms with E-state index in [4.69, 9.17) is 21.1 Å². The molecule has 24 heavy (non-hydrogen) atoms. The minimum atomic E-state index is -0.0457. The van der Waals surface area contributed by atoms with Crippen LogP contribution in [-0.4, -0.2) is 19.1 Å². The average molecular weight is 348 g/mol. The molecule has 5 heteroatoms. The van der Waals surface area contributed by atoms with Gasteiger partial charge in [0.15, 0.2) is 0 Å². The van der Waals surface area contributed by atoms with Crippen molar-refractivity contribution < 1.29 is 14.3 Å². The zero-order valence-corrected chi connectivity index (χ0v) is 14.7. The molecule has 0 fully saturated rings. The number of carbonyl (C=O) groups is 1. The molecule has 2 aromatic rings. The summed E-state index contributed by atoms with van der Waals surface area (Å²) >= 11 is 6.04. The van der Waals surface area contributed by atoms with Gasteiger partial charge in [-0.2, -0.15) is 0 Å². The van der Waals surface area contributed by atoms with Crippen molar-refractivity contribution in [3.05, 3.63) is 53.1 Å². The number of ether oxygens (including phenoxy) is 2. The van der Waals surface area contributed by atoms with Gasteiger partial charge in [0.05, 0.1) is 13.2 Å². The van der Waals surface area contributed by atoms with E-state index < -0.39 is 0 Å². The number of amides is 1. The number of benzene rings is 2. The lowest BCUT2D eigenvalue weighted by Crippen LogP contribution is -2.13. The van der Waals surface area contributed by atoms with Crippen LogP contribution in [0.1, 0.15) is 25.3 Å². The zero-order valence-electron chi connectivity index (χ0n) is 14.0. The summed E-state index contributed by atoms with van der Waals surface area (Å²) in [6, 6.07) is 12.9. The van der Waals surface area contributed by atoms with Crippen molar-refractivity contribution in [2.24, 2.45) is 0 Å². The molecule has 2 rings (SSSR count). The maximum atomic E-state index is 12.0. The molecule has 0 spiro atoms. The summed E-state index contributed by atoms with van der Waals surface area (Å²) < 4.78 is 11.0. The van der Waals surface area contributed by atoms with Gasteiger partial charge in [-0.15, -0.1) is 0 Å². The first-order valence-corrected chi connectivity index (χ1v) is 8.38. The van der Waals surface area contributed by atoms with Crippen molar-refractivity contribution in [2.45, 2.75) is 26.7 Å². The normalized spacial score (nSPS) is 10.3. The number of hydrogen-bond donors (Lipinski definition) is 1. The summed E-state index contributed by atoms with van der Waals surface area (Å²) in [5.41, 5.74) is 1.62. The Kier molecular flexibility index (Phi) is 6.94. The van der Waals surface area contributed by atoms with Crippen LogP contribution in [0, 0.1) is 6.92 Å². The molecule has 0 unspecified atom stereocenters. The number of halogens is 1. The van der Waals surface area contributed by atoms with Crippen molar-refractivity contribution in [2.75, 3.05) is 18.5 Å². The van der Waals surface area contributed by atoms with Gasteiger partial charge in [-0.1, -0.05) is 17.7 Å². The number of hydrogen-bond acceptors (Lipinski definition) is 3. The lowest BCUT2D eigenvalue weighted by atomic mass is 10.2. The molecule has 1 amide bonds. The first kappa shape index (κ1) is 18.1. The van der Waals surface area contributed by atoms with Crippen LogP contribution in [0.15, 0.2) is 42.5 Å². The van der Waals surface area contributed by atoms with Crippen LogP contribution >= 0.6 is 11.6 Å². The minimum Gasteiger partial charge on any atom is -0.494 e. The van der Waals surface area contributed by atoms with E-state index in [2.05, 4.69) is 5.32 Å². The van der Waals surface area contributed by atoms with E-state index in [1.54, 1.807) is 6.07 Å². The van der Waals surface area contributed by atoms with Gasteiger partial charge in [0.25, 0.3) is 0 Å². The van der Waals surface area contributed by atoms with E-state index in [1.165, 1.54) is 0 Å². The highest BCUT2D eigenvalue weighted by molar-refractivity contribution is 6.31. The molecule has 0 radical (unpaired) electrons. The Bertz CT molecular complexity index is 671. The SMILES string of the molecule is CCOc1ccc(OCCCC(=O)Nc2cccc(Cl)c2C)cc1. The molecular formula is C19H22ClNO3.